The normalized spacial score (nSPS) is 10.6. The average Bonchev–Trinajstić information content (AvgIpc) is 2.59. The number of benzene rings is 1. The van der Waals surface area contributed by atoms with Crippen LogP contribution in [0.5, 0.6) is 0 Å². The first-order valence-electron chi connectivity index (χ1n) is 4.07. The second kappa shape index (κ2) is 3.40. The molecule has 1 aromatic carbocycles. The summed E-state index contributed by atoms with van der Waals surface area (Å²) >= 11 is 1.45. The van der Waals surface area contributed by atoms with Gasteiger partial charge in [0.25, 0.3) is 0 Å². The van der Waals surface area contributed by atoms with Crippen LogP contribution in [-0.4, -0.2) is 16.2 Å². The molecule has 0 fully saturated rings. The lowest BCUT2D eigenvalue weighted by Crippen LogP contribution is -1.97. The van der Waals surface area contributed by atoms with E-state index in [0.717, 1.165) is 4.70 Å². The fraction of sp³-hybridized carbons (Fsp3) is 0.100. The van der Waals surface area contributed by atoms with Gasteiger partial charge in [-0.05, 0) is 23.1 Å². The van der Waals surface area contributed by atoms with Gasteiger partial charge in [0.05, 0.1) is 12.2 Å². The SMILES string of the molecule is O=C(O)c1cccc2scc(CO)c12. The molecule has 0 unspecified atom stereocenters. The second-order valence-corrected chi connectivity index (χ2v) is 3.81. The molecule has 0 atom stereocenters. The van der Waals surface area contributed by atoms with Crippen LogP contribution in [0, 0.1) is 0 Å². The Bertz CT molecular complexity index is 487. The summed E-state index contributed by atoms with van der Waals surface area (Å²) in [4.78, 5) is 10.9. The maximum absolute atomic E-state index is 10.9. The number of hydrogen-bond donors (Lipinski definition) is 2. The van der Waals surface area contributed by atoms with Crippen LogP contribution >= 0.6 is 11.3 Å². The van der Waals surface area contributed by atoms with E-state index in [1.54, 1.807) is 17.5 Å². The van der Waals surface area contributed by atoms with E-state index < -0.39 is 5.97 Å². The molecule has 0 saturated carbocycles. The van der Waals surface area contributed by atoms with Crippen molar-refractivity contribution in [3.8, 4) is 0 Å². The van der Waals surface area contributed by atoms with Crippen molar-refractivity contribution in [1.82, 2.24) is 0 Å². The molecule has 1 aromatic heterocycles. The molecule has 14 heavy (non-hydrogen) atoms. The Hall–Kier alpha value is -1.39. The number of aliphatic hydroxyl groups is 1. The molecule has 0 bridgehead atoms. The van der Waals surface area contributed by atoms with Gasteiger partial charge in [-0.2, -0.15) is 0 Å². The second-order valence-electron chi connectivity index (χ2n) is 2.90. The summed E-state index contributed by atoms with van der Waals surface area (Å²) in [6.07, 6.45) is 0. The molecule has 72 valence electrons. The Kier molecular flexibility index (Phi) is 2.23. The van der Waals surface area contributed by atoms with Crippen LogP contribution < -0.4 is 0 Å². The predicted molar refractivity (Wildman–Crippen MR) is 54.7 cm³/mol. The van der Waals surface area contributed by atoms with Crippen LogP contribution in [0.1, 0.15) is 15.9 Å². The highest BCUT2D eigenvalue weighted by molar-refractivity contribution is 7.17. The lowest BCUT2D eigenvalue weighted by atomic mass is 10.1. The Labute approximate surface area is 84.2 Å². The smallest absolute Gasteiger partial charge is 0.336 e. The van der Waals surface area contributed by atoms with E-state index in [1.165, 1.54) is 11.3 Å². The molecular formula is C10H8O3S. The molecule has 0 radical (unpaired) electrons. The summed E-state index contributed by atoms with van der Waals surface area (Å²) in [5, 5.41) is 20.4. The molecule has 4 heteroatoms. The summed E-state index contributed by atoms with van der Waals surface area (Å²) in [7, 11) is 0. The van der Waals surface area contributed by atoms with E-state index >= 15 is 0 Å². The highest BCUT2D eigenvalue weighted by Gasteiger charge is 2.12. The predicted octanol–water partition coefficient (Wildman–Crippen LogP) is 2.09. The fourth-order valence-corrected chi connectivity index (χ4v) is 2.43. The number of carboxylic acids is 1. The van der Waals surface area contributed by atoms with E-state index in [-0.39, 0.29) is 12.2 Å². The molecule has 2 aromatic rings. The van der Waals surface area contributed by atoms with E-state index in [2.05, 4.69) is 0 Å². The molecular weight excluding hydrogens is 200 g/mol. The highest BCUT2D eigenvalue weighted by Crippen LogP contribution is 2.29. The number of thiophene rings is 1. The molecule has 0 amide bonds. The fourth-order valence-electron chi connectivity index (χ4n) is 1.45. The zero-order valence-electron chi connectivity index (χ0n) is 7.23. The minimum absolute atomic E-state index is 0.121. The summed E-state index contributed by atoms with van der Waals surface area (Å²) in [6, 6.07) is 5.12. The third-order valence-electron chi connectivity index (χ3n) is 2.08. The molecule has 2 N–H and O–H groups in total. The average molecular weight is 208 g/mol. The third kappa shape index (κ3) is 1.29. The monoisotopic (exact) mass is 208 g/mol. The summed E-state index contributed by atoms with van der Waals surface area (Å²) in [5.74, 6) is -0.955. The van der Waals surface area contributed by atoms with E-state index in [0.29, 0.717) is 10.9 Å². The molecule has 0 aliphatic carbocycles. The van der Waals surface area contributed by atoms with Gasteiger partial charge < -0.3 is 10.2 Å². The molecule has 0 aliphatic heterocycles. The van der Waals surface area contributed by atoms with Crippen LogP contribution in [0.3, 0.4) is 0 Å². The summed E-state index contributed by atoms with van der Waals surface area (Å²) < 4.78 is 0.897. The first kappa shape index (κ1) is 9.18. The van der Waals surface area contributed by atoms with Gasteiger partial charge in [-0.15, -0.1) is 11.3 Å². The van der Waals surface area contributed by atoms with Gasteiger partial charge in [-0.3, -0.25) is 0 Å². The first-order chi connectivity index (χ1) is 6.74. The molecule has 0 saturated heterocycles. The van der Waals surface area contributed by atoms with Crippen molar-refractivity contribution in [3.05, 3.63) is 34.7 Å². The quantitative estimate of drug-likeness (QED) is 0.794. The molecule has 1 heterocycles. The van der Waals surface area contributed by atoms with Crippen molar-refractivity contribution in [1.29, 1.82) is 0 Å². The number of fused-ring (bicyclic) bond motifs is 1. The van der Waals surface area contributed by atoms with Crippen molar-refractivity contribution >= 4 is 27.4 Å². The number of aliphatic hydroxyl groups excluding tert-OH is 1. The van der Waals surface area contributed by atoms with E-state index in [1.807, 2.05) is 6.07 Å². The topological polar surface area (TPSA) is 57.5 Å². The lowest BCUT2D eigenvalue weighted by molar-refractivity contribution is 0.0699. The standard InChI is InChI=1S/C10H8O3S/c11-4-6-5-14-8-3-1-2-7(9(6)8)10(12)13/h1-3,5,11H,4H2,(H,12,13). The van der Waals surface area contributed by atoms with Gasteiger partial charge in [0.1, 0.15) is 0 Å². The van der Waals surface area contributed by atoms with Crippen LogP contribution in [-0.2, 0) is 6.61 Å². The largest absolute Gasteiger partial charge is 0.478 e. The van der Waals surface area contributed by atoms with Gasteiger partial charge in [0, 0.05) is 10.1 Å². The third-order valence-corrected chi connectivity index (χ3v) is 3.07. The molecule has 3 nitrogen and oxygen atoms in total. The first-order valence-corrected chi connectivity index (χ1v) is 4.95. The van der Waals surface area contributed by atoms with Gasteiger partial charge >= 0.3 is 5.97 Å². The zero-order valence-corrected chi connectivity index (χ0v) is 8.04. The van der Waals surface area contributed by atoms with Crippen molar-refractivity contribution in [2.45, 2.75) is 6.61 Å². The van der Waals surface area contributed by atoms with Crippen LogP contribution in [0.4, 0.5) is 0 Å². The minimum Gasteiger partial charge on any atom is -0.478 e. The Balaban J connectivity index is 2.81. The van der Waals surface area contributed by atoms with Crippen LogP contribution in [0.2, 0.25) is 0 Å². The van der Waals surface area contributed by atoms with Crippen molar-refractivity contribution in [2.75, 3.05) is 0 Å². The number of carbonyl (C=O) groups is 1. The molecule has 0 spiro atoms. The van der Waals surface area contributed by atoms with Crippen LogP contribution in [0.15, 0.2) is 23.6 Å². The van der Waals surface area contributed by atoms with E-state index in [4.69, 9.17) is 10.2 Å². The maximum atomic E-state index is 10.9. The maximum Gasteiger partial charge on any atom is 0.336 e. The molecule has 2 rings (SSSR count). The van der Waals surface area contributed by atoms with Crippen molar-refractivity contribution in [3.63, 3.8) is 0 Å². The molecule has 0 aliphatic rings. The lowest BCUT2D eigenvalue weighted by Gasteiger charge is -1.99. The van der Waals surface area contributed by atoms with Gasteiger partial charge in [-0.1, -0.05) is 6.07 Å². The summed E-state index contributed by atoms with van der Waals surface area (Å²) in [6.45, 7) is -0.121. The van der Waals surface area contributed by atoms with Crippen molar-refractivity contribution < 1.29 is 15.0 Å². The van der Waals surface area contributed by atoms with Gasteiger partial charge in [0.15, 0.2) is 0 Å². The Morgan fingerprint density at radius 2 is 2.21 bits per heavy atom. The van der Waals surface area contributed by atoms with Gasteiger partial charge in [-0.25, -0.2) is 4.79 Å². The van der Waals surface area contributed by atoms with Crippen molar-refractivity contribution in [2.24, 2.45) is 0 Å². The van der Waals surface area contributed by atoms with Gasteiger partial charge in [0.2, 0.25) is 0 Å². The Morgan fingerprint density at radius 1 is 1.43 bits per heavy atom. The minimum atomic E-state index is -0.955. The number of carboxylic acid groups (broad SMARTS) is 1. The number of aromatic carboxylic acids is 1. The summed E-state index contributed by atoms with van der Waals surface area (Å²) in [5.41, 5.74) is 0.941. The number of hydrogen-bond acceptors (Lipinski definition) is 3. The van der Waals surface area contributed by atoms with Crippen LogP contribution in [0.25, 0.3) is 10.1 Å². The highest BCUT2D eigenvalue weighted by atomic mass is 32.1. The van der Waals surface area contributed by atoms with E-state index in [9.17, 15) is 4.79 Å². The zero-order chi connectivity index (χ0) is 10.1. The number of rotatable bonds is 2. The Morgan fingerprint density at radius 3 is 2.86 bits per heavy atom.